The number of rotatable bonds is 3. The molecule has 0 saturated carbocycles. The Kier molecular flexibility index (Phi) is 3.64. The van der Waals surface area contributed by atoms with E-state index in [1.165, 1.54) is 6.20 Å². The molecule has 2 aromatic rings. The number of nitrogens with zero attached hydrogens (tertiary/aromatic N) is 4. The molecule has 3 heterocycles. The molecule has 21 heavy (non-hydrogen) atoms. The SMILES string of the molecule is FC(F)(F)c1ccnc(N2CC(Cn3cc(Br)cn3)C2)c1. The summed E-state index contributed by atoms with van der Waals surface area (Å²) in [6.45, 7) is 2.12. The van der Waals surface area contributed by atoms with E-state index in [1.54, 1.807) is 6.20 Å². The minimum atomic E-state index is -4.33. The number of alkyl halides is 3. The number of anilines is 1. The molecule has 0 amide bonds. The van der Waals surface area contributed by atoms with Crippen molar-refractivity contribution in [3.05, 3.63) is 40.8 Å². The third-order valence-corrected chi connectivity index (χ3v) is 3.81. The molecule has 1 saturated heterocycles. The summed E-state index contributed by atoms with van der Waals surface area (Å²) in [4.78, 5) is 5.86. The second-order valence-corrected chi connectivity index (χ2v) is 5.97. The van der Waals surface area contributed by atoms with E-state index in [0.717, 1.165) is 23.2 Å². The van der Waals surface area contributed by atoms with E-state index in [2.05, 4.69) is 26.0 Å². The van der Waals surface area contributed by atoms with Gasteiger partial charge in [0, 0.05) is 37.9 Å². The predicted molar refractivity (Wildman–Crippen MR) is 74.9 cm³/mol. The van der Waals surface area contributed by atoms with Crippen LogP contribution in [0.25, 0.3) is 0 Å². The van der Waals surface area contributed by atoms with Crippen molar-refractivity contribution >= 4 is 21.7 Å². The molecule has 0 unspecified atom stereocenters. The van der Waals surface area contributed by atoms with Crippen molar-refractivity contribution in [3.63, 3.8) is 0 Å². The fourth-order valence-corrected chi connectivity index (χ4v) is 2.67. The quantitative estimate of drug-likeness (QED) is 0.842. The Morgan fingerprint density at radius 3 is 2.71 bits per heavy atom. The maximum Gasteiger partial charge on any atom is 0.416 e. The summed E-state index contributed by atoms with van der Waals surface area (Å²) >= 11 is 3.33. The lowest BCUT2D eigenvalue weighted by Gasteiger charge is -2.40. The first-order valence-electron chi connectivity index (χ1n) is 6.38. The van der Waals surface area contributed by atoms with Crippen LogP contribution in [0.1, 0.15) is 5.56 Å². The van der Waals surface area contributed by atoms with E-state index < -0.39 is 11.7 Å². The first kappa shape index (κ1) is 14.4. The van der Waals surface area contributed by atoms with Gasteiger partial charge in [0.25, 0.3) is 0 Å². The van der Waals surface area contributed by atoms with Gasteiger partial charge in [0.05, 0.1) is 16.2 Å². The van der Waals surface area contributed by atoms with Gasteiger partial charge in [-0.3, -0.25) is 4.68 Å². The number of hydrogen-bond donors (Lipinski definition) is 0. The van der Waals surface area contributed by atoms with E-state index in [-0.39, 0.29) is 0 Å². The highest BCUT2D eigenvalue weighted by molar-refractivity contribution is 9.10. The lowest BCUT2D eigenvalue weighted by atomic mass is 10.00. The highest BCUT2D eigenvalue weighted by Crippen LogP contribution is 2.32. The number of pyridine rings is 1. The summed E-state index contributed by atoms with van der Waals surface area (Å²) in [5, 5.41) is 4.17. The van der Waals surface area contributed by atoms with Gasteiger partial charge in [0.15, 0.2) is 0 Å². The number of aromatic nitrogens is 3. The van der Waals surface area contributed by atoms with Gasteiger partial charge in [-0.25, -0.2) is 4.98 Å². The van der Waals surface area contributed by atoms with Crippen LogP contribution in [0.5, 0.6) is 0 Å². The fraction of sp³-hybridized carbons (Fsp3) is 0.385. The third-order valence-electron chi connectivity index (χ3n) is 3.40. The van der Waals surface area contributed by atoms with Gasteiger partial charge < -0.3 is 4.90 Å². The lowest BCUT2D eigenvalue weighted by Crippen LogP contribution is -2.49. The normalized spacial score (nSPS) is 16.1. The molecular formula is C13H12BrF3N4. The molecule has 4 nitrogen and oxygen atoms in total. The summed E-state index contributed by atoms with van der Waals surface area (Å²) in [5.74, 6) is 0.746. The predicted octanol–water partition coefficient (Wildman–Crippen LogP) is 3.20. The van der Waals surface area contributed by atoms with Crippen LogP contribution in [0.2, 0.25) is 0 Å². The van der Waals surface area contributed by atoms with E-state index in [4.69, 9.17) is 0 Å². The first-order valence-corrected chi connectivity index (χ1v) is 7.17. The molecule has 8 heteroatoms. The molecule has 0 aliphatic carbocycles. The third kappa shape index (κ3) is 3.20. The molecule has 0 bridgehead atoms. The average Bonchev–Trinajstić information content (AvgIpc) is 2.78. The monoisotopic (exact) mass is 360 g/mol. The summed E-state index contributed by atoms with van der Waals surface area (Å²) in [5.41, 5.74) is -0.660. The highest BCUT2D eigenvalue weighted by atomic mass is 79.9. The minimum Gasteiger partial charge on any atom is -0.356 e. The van der Waals surface area contributed by atoms with E-state index >= 15 is 0 Å². The molecule has 3 rings (SSSR count). The van der Waals surface area contributed by atoms with Gasteiger partial charge in [-0.15, -0.1) is 0 Å². The summed E-state index contributed by atoms with van der Waals surface area (Å²) in [6.07, 6.45) is 0.468. The van der Waals surface area contributed by atoms with Gasteiger partial charge in [-0.1, -0.05) is 0 Å². The van der Waals surface area contributed by atoms with Crippen LogP contribution in [0.3, 0.4) is 0 Å². The van der Waals surface area contributed by atoms with Crippen molar-refractivity contribution < 1.29 is 13.2 Å². The number of halogens is 4. The van der Waals surface area contributed by atoms with Crippen LogP contribution >= 0.6 is 15.9 Å². The molecule has 0 atom stereocenters. The Morgan fingerprint density at radius 1 is 1.33 bits per heavy atom. The highest BCUT2D eigenvalue weighted by Gasteiger charge is 2.33. The second-order valence-electron chi connectivity index (χ2n) is 5.05. The molecule has 0 spiro atoms. The maximum atomic E-state index is 12.7. The Morgan fingerprint density at radius 2 is 2.10 bits per heavy atom. The molecule has 1 aliphatic rings. The fourth-order valence-electron chi connectivity index (χ4n) is 2.34. The largest absolute Gasteiger partial charge is 0.416 e. The van der Waals surface area contributed by atoms with Crippen LogP contribution in [0, 0.1) is 5.92 Å². The van der Waals surface area contributed by atoms with Gasteiger partial charge in [0.2, 0.25) is 0 Å². The Bertz CT molecular complexity index is 634. The van der Waals surface area contributed by atoms with Crippen molar-refractivity contribution in [2.45, 2.75) is 12.7 Å². The van der Waals surface area contributed by atoms with Gasteiger partial charge in [-0.2, -0.15) is 18.3 Å². The van der Waals surface area contributed by atoms with Crippen molar-refractivity contribution in [1.29, 1.82) is 0 Å². The molecule has 0 aromatic carbocycles. The van der Waals surface area contributed by atoms with Crippen molar-refractivity contribution in [1.82, 2.24) is 14.8 Å². The first-order chi connectivity index (χ1) is 9.91. The lowest BCUT2D eigenvalue weighted by molar-refractivity contribution is -0.137. The van der Waals surface area contributed by atoms with Gasteiger partial charge in [0.1, 0.15) is 5.82 Å². The van der Waals surface area contributed by atoms with Crippen molar-refractivity contribution in [2.24, 2.45) is 5.92 Å². The molecule has 0 N–H and O–H groups in total. The molecule has 112 valence electrons. The Hall–Kier alpha value is -1.57. The second kappa shape index (κ2) is 5.32. The minimum absolute atomic E-state index is 0.369. The summed E-state index contributed by atoms with van der Waals surface area (Å²) in [7, 11) is 0. The molecule has 1 fully saturated rings. The molecular weight excluding hydrogens is 349 g/mol. The maximum absolute atomic E-state index is 12.7. The average molecular weight is 361 g/mol. The molecule has 0 radical (unpaired) electrons. The smallest absolute Gasteiger partial charge is 0.356 e. The standard InChI is InChI=1S/C13H12BrF3N4/c14-11-4-19-21(8-11)7-9-5-20(6-9)12-3-10(1-2-18-12)13(15,16)17/h1-4,8-9H,5-7H2. The summed E-state index contributed by atoms with van der Waals surface area (Å²) < 4.78 is 40.7. The zero-order valence-electron chi connectivity index (χ0n) is 10.9. The van der Waals surface area contributed by atoms with Gasteiger partial charge >= 0.3 is 6.18 Å². The molecule has 1 aliphatic heterocycles. The van der Waals surface area contributed by atoms with Crippen molar-refractivity contribution in [3.8, 4) is 0 Å². The van der Waals surface area contributed by atoms with Crippen LogP contribution in [-0.2, 0) is 12.7 Å². The van der Waals surface area contributed by atoms with Crippen LogP contribution in [0.15, 0.2) is 35.2 Å². The zero-order valence-corrected chi connectivity index (χ0v) is 12.5. The van der Waals surface area contributed by atoms with Crippen molar-refractivity contribution in [2.75, 3.05) is 18.0 Å². The summed E-state index contributed by atoms with van der Waals surface area (Å²) in [6, 6.07) is 2.09. The number of hydrogen-bond acceptors (Lipinski definition) is 3. The Labute approximate surface area is 127 Å². The van der Waals surface area contributed by atoms with E-state index in [9.17, 15) is 13.2 Å². The molecule has 2 aromatic heterocycles. The Balaban J connectivity index is 1.61. The topological polar surface area (TPSA) is 34.0 Å². The zero-order chi connectivity index (χ0) is 15.0. The van der Waals surface area contributed by atoms with Crippen LogP contribution < -0.4 is 4.90 Å². The van der Waals surface area contributed by atoms with Crippen LogP contribution in [-0.4, -0.2) is 27.9 Å². The van der Waals surface area contributed by atoms with Crippen LogP contribution in [0.4, 0.5) is 19.0 Å². The van der Waals surface area contributed by atoms with Gasteiger partial charge in [-0.05, 0) is 28.1 Å². The van der Waals surface area contributed by atoms with E-state index in [0.29, 0.717) is 24.8 Å². The van der Waals surface area contributed by atoms with E-state index in [1.807, 2.05) is 15.8 Å².